The maximum atomic E-state index is 14.1. The zero-order valence-corrected chi connectivity index (χ0v) is 25.2. The number of nitrogens with one attached hydrogen (secondary N) is 1. The number of anilines is 1. The number of sulfonamides is 1. The van der Waals surface area contributed by atoms with E-state index in [-0.39, 0.29) is 23.3 Å². The molecule has 0 spiro atoms. The van der Waals surface area contributed by atoms with E-state index in [1.165, 1.54) is 17.0 Å². The highest BCUT2D eigenvalue weighted by atomic mass is 79.9. The number of halogens is 1. The Bertz CT molecular complexity index is 1380. The lowest BCUT2D eigenvalue weighted by atomic mass is 10.1. The molecule has 0 radical (unpaired) electrons. The Morgan fingerprint density at radius 3 is 2.23 bits per heavy atom. The van der Waals surface area contributed by atoms with E-state index < -0.39 is 28.5 Å². The highest BCUT2D eigenvalue weighted by molar-refractivity contribution is 9.10. The molecule has 0 aromatic heterocycles. The van der Waals surface area contributed by atoms with Gasteiger partial charge >= 0.3 is 0 Å². The summed E-state index contributed by atoms with van der Waals surface area (Å²) in [5.41, 5.74) is 2.21. The minimum absolute atomic E-state index is 0.0740. The molecule has 3 aromatic rings. The third kappa shape index (κ3) is 7.92. The Morgan fingerprint density at radius 1 is 0.949 bits per heavy atom. The van der Waals surface area contributed by atoms with E-state index in [0.29, 0.717) is 23.1 Å². The van der Waals surface area contributed by atoms with E-state index in [1.54, 1.807) is 42.5 Å². The van der Waals surface area contributed by atoms with Gasteiger partial charge in [0.2, 0.25) is 11.8 Å². The average molecular weight is 615 g/mol. The number of aryl methyl sites for hydroxylation is 1. The number of benzene rings is 3. The van der Waals surface area contributed by atoms with Gasteiger partial charge in [0, 0.05) is 17.6 Å². The molecule has 7 nitrogen and oxygen atoms in total. The fraction of sp³-hybridized carbons (Fsp3) is 0.333. The third-order valence-electron chi connectivity index (χ3n) is 6.38. The lowest BCUT2D eigenvalue weighted by Crippen LogP contribution is -2.52. The number of rotatable bonds is 12. The van der Waals surface area contributed by atoms with Crippen LogP contribution >= 0.6 is 15.9 Å². The molecule has 1 atom stereocenters. The zero-order chi connectivity index (χ0) is 28.6. The smallest absolute Gasteiger partial charge is 0.264 e. The maximum absolute atomic E-state index is 14.1. The topological polar surface area (TPSA) is 86.8 Å². The van der Waals surface area contributed by atoms with Gasteiger partial charge in [-0.05, 0) is 60.7 Å². The summed E-state index contributed by atoms with van der Waals surface area (Å²) >= 11 is 3.41. The van der Waals surface area contributed by atoms with Crippen molar-refractivity contribution < 1.29 is 18.0 Å². The molecule has 3 aromatic carbocycles. The van der Waals surface area contributed by atoms with Gasteiger partial charge in [0.25, 0.3) is 10.0 Å². The first kappa shape index (κ1) is 30.4. The highest BCUT2D eigenvalue weighted by Gasteiger charge is 2.33. The van der Waals surface area contributed by atoms with Crippen LogP contribution in [0.4, 0.5) is 5.69 Å². The van der Waals surface area contributed by atoms with Crippen LogP contribution in [0.15, 0.2) is 88.2 Å². The molecule has 0 aliphatic carbocycles. The van der Waals surface area contributed by atoms with Crippen LogP contribution in [-0.2, 0) is 26.2 Å². The molecule has 3 rings (SSSR count). The predicted octanol–water partition coefficient (Wildman–Crippen LogP) is 5.53. The number of nitrogens with zero attached hydrogens (tertiary/aromatic N) is 2. The van der Waals surface area contributed by atoms with Crippen molar-refractivity contribution in [2.24, 2.45) is 5.92 Å². The van der Waals surface area contributed by atoms with Gasteiger partial charge in [-0.3, -0.25) is 13.9 Å². The molecule has 9 heteroatoms. The highest BCUT2D eigenvalue weighted by Crippen LogP contribution is 2.27. The van der Waals surface area contributed by atoms with Crippen molar-refractivity contribution in [2.45, 2.75) is 51.6 Å². The second kappa shape index (κ2) is 13.8. The quantitative estimate of drug-likeness (QED) is 0.291. The summed E-state index contributed by atoms with van der Waals surface area (Å²) in [7, 11) is -4.09. The minimum Gasteiger partial charge on any atom is -0.354 e. The number of amides is 2. The summed E-state index contributed by atoms with van der Waals surface area (Å²) in [5, 5.41) is 2.95. The van der Waals surface area contributed by atoms with Gasteiger partial charge < -0.3 is 10.2 Å². The van der Waals surface area contributed by atoms with Crippen molar-refractivity contribution in [1.29, 1.82) is 0 Å². The van der Waals surface area contributed by atoms with Gasteiger partial charge in [-0.2, -0.15) is 0 Å². The van der Waals surface area contributed by atoms with Crippen molar-refractivity contribution >= 4 is 43.5 Å². The third-order valence-corrected chi connectivity index (χ3v) is 8.66. The summed E-state index contributed by atoms with van der Waals surface area (Å²) in [4.78, 5) is 28.9. The lowest BCUT2D eigenvalue weighted by molar-refractivity contribution is -0.140. The van der Waals surface area contributed by atoms with Crippen LogP contribution in [0.2, 0.25) is 0 Å². The van der Waals surface area contributed by atoms with E-state index >= 15 is 0 Å². The Morgan fingerprint density at radius 2 is 1.62 bits per heavy atom. The number of carbonyl (C=O) groups is 2. The van der Waals surface area contributed by atoms with Crippen molar-refractivity contribution in [2.75, 3.05) is 17.4 Å². The van der Waals surface area contributed by atoms with Crippen LogP contribution < -0.4 is 9.62 Å². The van der Waals surface area contributed by atoms with Crippen LogP contribution in [0.25, 0.3) is 0 Å². The molecule has 0 aliphatic rings. The van der Waals surface area contributed by atoms with E-state index in [9.17, 15) is 18.0 Å². The van der Waals surface area contributed by atoms with Crippen molar-refractivity contribution in [3.05, 3.63) is 94.5 Å². The molecule has 208 valence electrons. The molecular weight excluding hydrogens is 578 g/mol. The van der Waals surface area contributed by atoms with E-state index in [0.717, 1.165) is 15.4 Å². The van der Waals surface area contributed by atoms with Crippen molar-refractivity contribution in [3.63, 3.8) is 0 Å². The zero-order valence-electron chi connectivity index (χ0n) is 22.8. The molecule has 0 saturated heterocycles. The summed E-state index contributed by atoms with van der Waals surface area (Å²) in [6.45, 7) is 8.00. The summed E-state index contributed by atoms with van der Waals surface area (Å²) in [6, 6.07) is 21.8. The molecule has 2 amide bonds. The predicted molar refractivity (Wildman–Crippen MR) is 159 cm³/mol. The van der Waals surface area contributed by atoms with Gasteiger partial charge in [0.15, 0.2) is 0 Å². The number of hydrogen-bond donors (Lipinski definition) is 1. The monoisotopic (exact) mass is 613 g/mol. The molecule has 39 heavy (non-hydrogen) atoms. The fourth-order valence-corrected chi connectivity index (χ4v) is 6.01. The Labute approximate surface area is 240 Å². The normalized spacial score (nSPS) is 12.2. The van der Waals surface area contributed by atoms with Gasteiger partial charge in [-0.1, -0.05) is 85.2 Å². The van der Waals surface area contributed by atoms with Crippen LogP contribution in [0.3, 0.4) is 0 Å². The molecular formula is C30H36BrN3O4S. The first-order valence-corrected chi connectivity index (χ1v) is 15.2. The van der Waals surface area contributed by atoms with E-state index in [4.69, 9.17) is 0 Å². The van der Waals surface area contributed by atoms with Gasteiger partial charge in [-0.15, -0.1) is 0 Å². The molecule has 0 bridgehead atoms. The first-order valence-electron chi connectivity index (χ1n) is 13.0. The van der Waals surface area contributed by atoms with Gasteiger partial charge in [-0.25, -0.2) is 8.42 Å². The van der Waals surface area contributed by atoms with E-state index in [1.807, 2.05) is 52.0 Å². The van der Waals surface area contributed by atoms with Crippen molar-refractivity contribution in [3.8, 4) is 0 Å². The number of carbonyl (C=O) groups excluding carboxylic acids is 2. The van der Waals surface area contributed by atoms with Gasteiger partial charge in [0.05, 0.1) is 10.6 Å². The van der Waals surface area contributed by atoms with Crippen LogP contribution in [0, 0.1) is 12.8 Å². The summed E-state index contributed by atoms with van der Waals surface area (Å²) in [5.74, 6) is -0.479. The molecule has 0 unspecified atom stereocenters. The fourth-order valence-electron chi connectivity index (χ4n) is 4.19. The largest absolute Gasteiger partial charge is 0.354 e. The van der Waals surface area contributed by atoms with Crippen molar-refractivity contribution in [1.82, 2.24) is 10.2 Å². The second-order valence-corrected chi connectivity index (χ2v) is 12.6. The van der Waals surface area contributed by atoms with E-state index in [2.05, 4.69) is 21.2 Å². The summed E-state index contributed by atoms with van der Waals surface area (Å²) < 4.78 is 29.4. The maximum Gasteiger partial charge on any atom is 0.264 e. The minimum atomic E-state index is -4.09. The Balaban J connectivity index is 2.05. The number of hydrogen-bond acceptors (Lipinski definition) is 4. The molecule has 0 saturated carbocycles. The SMILES string of the molecule is CC[C@H](C(=O)NCC(C)C)N(Cc1ccccc1C)C(=O)CN(c1cccc(Br)c1)S(=O)(=O)c1ccccc1. The molecule has 1 N–H and O–H groups in total. The molecule has 0 heterocycles. The van der Waals surface area contributed by atoms with Crippen LogP contribution in [-0.4, -0.2) is 44.3 Å². The van der Waals surface area contributed by atoms with Crippen LogP contribution in [0.1, 0.15) is 38.3 Å². The second-order valence-electron chi connectivity index (χ2n) is 9.82. The average Bonchev–Trinajstić information content (AvgIpc) is 2.91. The molecule has 0 aliphatic heterocycles. The lowest BCUT2D eigenvalue weighted by Gasteiger charge is -2.33. The first-order chi connectivity index (χ1) is 18.5. The molecule has 0 fully saturated rings. The standard InChI is InChI=1S/C30H36BrN3O4S/c1-5-28(30(36)32-19-22(2)3)33(20-24-13-10-9-12-23(24)4)29(35)21-34(26-15-11-14-25(31)18-26)39(37,38)27-16-7-6-8-17-27/h6-18,22,28H,5,19-21H2,1-4H3,(H,32,36)/t28-/m1/s1. The van der Waals surface area contributed by atoms with Crippen LogP contribution in [0.5, 0.6) is 0 Å². The Kier molecular flexibility index (Phi) is 10.7. The van der Waals surface area contributed by atoms with Gasteiger partial charge in [0.1, 0.15) is 12.6 Å². The summed E-state index contributed by atoms with van der Waals surface area (Å²) in [6.07, 6.45) is 0.379. The Hall–Kier alpha value is -3.17.